The van der Waals surface area contributed by atoms with Crippen molar-refractivity contribution in [3.8, 4) is 10.7 Å². The second-order valence-electron chi connectivity index (χ2n) is 5.63. The van der Waals surface area contributed by atoms with Crippen molar-refractivity contribution >= 4 is 44.3 Å². The molecule has 10 heteroatoms. The van der Waals surface area contributed by atoms with E-state index < -0.39 is 15.8 Å². The predicted molar refractivity (Wildman–Crippen MR) is 106 cm³/mol. The van der Waals surface area contributed by atoms with Crippen LogP contribution in [-0.4, -0.2) is 24.5 Å². The summed E-state index contributed by atoms with van der Waals surface area (Å²) in [4.78, 5) is 9.59. The number of aromatic nitrogens is 2. The Morgan fingerprint density at radius 1 is 1.14 bits per heavy atom. The second-order valence-corrected chi connectivity index (χ2v) is 9.08. The fourth-order valence-electron chi connectivity index (χ4n) is 2.76. The smallest absolute Gasteiger partial charge is 0.243 e. The molecule has 0 fully saturated rings. The van der Waals surface area contributed by atoms with Gasteiger partial charge in [-0.05, 0) is 48.5 Å². The molecule has 0 saturated heterocycles. The van der Waals surface area contributed by atoms with E-state index in [0.717, 1.165) is 29.1 Å². The Balaban J connectivity index is 1.95. The van der Waals surface area contributed by atoms with E-state index in [1.165, 1.54) is 34.6 Å². The van der Waals surface area contributed by atoms with Crippen molar-refractivity contribution < 1.29 is 22.0 Å². The first-order valence-electron chi connectivity index (χ1n) is 7.94. The van der Waals surface area contributed by atoms with Gasteiger partial charge in [-0.3, -0.25) is 0 Å². The van der Waals surface area contributed by atoms with E-state index in [1.807, 2.05) is 0 Å². The Hall–Kier alpha value is -2.24. The van der Waals surface area contributed by atoms with Gasteiger partial charge in [0.05, 0.1) is 35.3 Å². The molecule has 4 rings (SSSR count). The van der Waals surface area contributed by atoms with Crippen LogP contribution in [0.3, 0.4) is 0 Å². The van der Waals surface area contributed by atoms with Crippen LogP contribution in [0.25, 0.3) is 21.6 Å². The minimum atomic E-state index is -3.97. The molecule has 0 amide bonds. The third-order valence-electron chi connectivity index (χ3n) is 3.93. The molecule has 0 aliphatic carbocycles. The highest BCUT2D eigenvalue weighted by Gasteiger charge is 2.25. The van der Waals surface area contributed by atoms with Gasteiger partial charge in [0.15, 0.2) is 0 Å². The summed E-state index contributed by atoms with van der Waals surface area (Å²) >= 11 is 2.35. The van der Waals surface area contributed by atoms with Crippen LogP contribution >= 0.6 is 23.4 Å². The van der Waals surface area contributed by atoms with Crippen LogP contribution in [0.4, 0.5) is 4.39 Å². The van der Waals surface area contributed by atoms with Crippen LogP contribution in [0.5, 0.6) is 0 Å². The molecular weight excluding hydrogens is 423 g/mol. The van der Waals surface area contributed by atoms with Crippen molar-refractivity contribution in [2.24, 2.45) is 0 Å². The van der Waals surface area contributed by atoms with Crippen molar-refractivity contribution in [2.75, 3.05) is 7.11 Å². The van der Waals surface area contributed by atoms with Crippen molar-refractivity contribution in [1.29, 1.82) is 0 Å². The number of benzene rings is 2. The predicted octanol–water partition coefficient (Wildman–Crippen LogP) is 4.73. The quantitative estimate of drug-likeness (QED) is 0.247. The summed E-state index contributed by atoms with van der Waals surface area (Å²) in [6.07, 6.45) is 1.61. The van der Waals surface area contributed by atoms with Crippen molar-refractivity contribution in [3.63, 3.8) is 0 Å². The van der Waals surface area contributed by atoms with Gasteiger partial charge in [-0.15, -0.1) is 11.3 Å². The van der Waals surface area contributed by atoms with E-state index in [-0.39, 0.29) is 4.90 Å². The molecule has 0 bridgehead atoms. The third kappa shape index (κ3) is 3.45. The lowest BCUT2D eigenvalue weighted by Gasteiger charge is -2.11. The van der Waals surface area contributed by atoms with E-state index in [0.29, 0.717) is 21.6 Å². The van der Waals surface area contributed by atoms with Crippen LogP contribution in [0.2, 0.25) is 0 Å². The van der Waals surface area contributed by atoms with E-state index >= 15 is 0 Å². The molecule has 2 aromatic carbocycles. The van der Waals surface area contributed by atoms with Crippen molar-refractivity contribution in [1.82, 2.24) is 8.96 Å². The molecule has 0 unspecified atom stereocenters. The molecule has 0 saturated carbocycles. The standard InChI is InChI=1S/C18H13FN2O4S3/c1-24-25-27-14-4-7-16-12(10-14)11-17(18-20-8-9-26-18)21(16)28(22,23)15-5-2-13(19)3-6-15/h2-11H,1H3. The summed E-state index contributed by atoms with van der Waals surface area (Å²) in [6.45, 7) is 0. The first kappa shape index (κ1) is 19.1. The topological polar surface area (TPSA) is 70.4 Å². The molecular formula is C18H13FN2O4S3. The van der Waals surface area contributed by atoms with Gasteiger partial charge in [-0.25, -0.2) is 26.7 Å². The Morgan fingerprint density at radius 2 is 1.93 bits per heavy atom. The van der Waals surface area contributed by atoms with Crippen LogP contribution in [-0.2, 0) is 19.2 Å². The molecule has 6 nitrogen and oxygen atoms in total. The van der Waals surface area contributed by atoms with Gasteiger partial charge in [-0.1, -0.05) is 0 Å². The van der Waals surface area contributed by atoms with Crippen LogP contribution in [0, 0.1) is 5.82 Å². The van der Waals surface area contributed by atoms with Crippen molar-refractivity contribution in [3.05, 3.63) is 65.9 Å². The molecule has 0 aliphatic heterocycles. The molecule has 2 heterocycles. The van der Waals surface area contributed by atoms with Crippen LogP contribution < -0.4 is 0 Å². The van der Waals surface area contributed by atoms with Crippen LogP contribution in [0.1, 0.15) is 0 Å². The fourth-order valence-corrected chi connectivity index (χ4v) is 5.42. The van der Waals surface area contributed by atoms with Gasteiger partial charge in [0.1, 0.15) is 10.8 Å². The maximum atomic E-state index is 13.4. The summed E-state index contributed by atoms with van der Waals surface area (Å²) in [7, 11) is -2.57. The van der Waals surface area contributed by atoms with Gasteiger partial charge < -0.3 is 0 Å². The molecule has 0 radical (unpaired) electrons. The maximum absolute atomic E-state index is 13.4. The van der Waals surface area contributed by atoms with Gasteiger partial charge in [0.25, 0.3) is 10.0 Å². The maximum Gasteiger partial charge on any atom is 0.268 e. The van der Waals surface area contributed by atoms with Gasteiger partial charge in [0, 0.05) is 21.9 Å². The molecule has 4 aromatic rings. The van der Waals surface area contributed by atoms with E-state index in [4.69, 9.17) is 4.33 Å². The number of hydrogen-bond donors (Lipinski definition) is 0. The monoisotopic (exact) mass is 436 g/mol. The number of rotatable bonds is 6. The number of thiazole rings is 1. The Labute approximate surface area is 168 Å². The number of fused-ring (bicyclic) bond motifs is 1. The molecule has 28 heavy (non-hydrogen) atoms. The van der Waals surface area contributed by atoms with E-state index in [1.54, 1.807) is 35.8 Å². The first-order chi connectivity index (χ1) is 13.5. The molecule has 0 aliphatic rings. The highest BCUT2D eigenvalue weighted by atomic mass is 32.2. The lowest BCUT2D eigenvalue weighted by Crippen LogP contribution is -2.14. The Kier molecular flexibility index (Phi) is 5.21. The lowest BCUT2D eigenvalue weighted by molar-refractivity contribution is -0.160. The molecule has 0 spiro atoms. The van der Waals surface area contributed by atoms with Crippen LogP contribution in [0.15, 0.2) is 69.9 Å². The Bertz CT molecular complexity index is 1220. The zero-order valence-corrected chi connectivity index (χ0v) is 16.9. The summed E-state index contributed by atoms with van der Waals surface area (Å²) in [6, 6.07) is 11.7. The lowest BCUT2D eigenvalue weighted by atomic mass is 10.2. The molecule has 0 N–H and O–H groups in total. The summed E-state index contributed by atoms with van der Waals surface area (Å²) < 4.78 is 46.1. The number of hydrogen-bond acceptors (Lipinski definition) is 7. The molecule has 0 atom stereocenters. The summed E-state index contributed by atoms with van der Waals surface area (Å²) in [5.74, 6) is -0.503. The highest BCUT2D eigenvalue weighted by molar-refractivity contribution is 7.94. The van der Waals surface area contributed by atoms with Gasteiger partial charge in [-0.2, -0.15) is 4.33 Å². The SMILES string of the molecule is COOSc1ccc2c(c1)cc(-c1nccs1)n2S(=O)(=O)c1ccc(F)cc1. The van der Waals surface area contributed by atoms with E-state index in [2.05, 4.69) is 9.87 Å². The first-order valence-corrected chi connectivity index (χ1v) is 11.0. The highest BCUT2D eigenvalue weighted by Crippen LogP contribution is 2.35. The largest absolute Gasteiger partial charge is 0.268 e. The third-order valence-corrected chi connectivity index (χ3v) is 7.12. The number of halogens is 1. The number of nitrogens with zero attached hydrogens (tertiary/aromatic N) is 2. The van der Waals surface area contributed by atoms with Gasteiger partial charge in [0.2, 0.25) is 0 Å². The van der Waals surface area contributed by atoms with Crippen molar-refractivity contribution in [2.45, 2.75) is 9.79 Å². The average molecular weight is 437 g/mol. The summed E-state index contributed by atoms with van der Waals surface area (Å²) in [5, 5.41) is 3.03. The molecule has 144 valence electrons. The zero-order chi connectivity index (χ0) is 19.7. The minimum absolute atomic E-state index is 0.00891. The normalized spacial score (nSPS) is 11.9. The fraction of sp³-hybridized carbons (Fsp3) is 0.0556. The van der Waals surface area contributed by atoms with Gasteiger partial charge >= 0.3 is 0 Å². The second kappa shape index (κ2) is 7.64. The Morgan fingerprint density at radius 3 is 2.61 bits per heavy atom. The van der Waals surface area contributed by atoms with E-state index in [9.17, 15) is 12.8 Å². The summed E-state index contributed by atoms with van der Waals surface area (Å²) in [5.41, 5.74) is 0.917. The average Bonchev–Trinajstić information content (AvgIpc) is 3.34. The molecule has 2 aromatic heterocycles. The zero-order valence-electron chi connectivity index (χ0n) is 14.4. The minimum Gasteiger partial charge on any atom is -0.243 e.